The van der Waals surface area contributed by atoms with Gasteiger partial charge in [0.1, 0.15) is 11.6 Å². The minimum absolute atomic E-state index is 0.0153. The van der Waals surface area contributed by atoms with Crippen LogP contribution in [0.25, 0.3) is 0 Å². The van der Waals surface area contributed by atoms with Crippen LogP contribution >= 0.6 is 24.0 Å². The Bertz CT molecular complexity index is 1010. The van der Waals surface area contributed by atoms with Gasteiger partial charge in [0.15, 0.2) is 4.77 Å². The van der Waals surface area contributed by atoms with Crippen LogP contribution in [0.15, 0.2) is 88.4 Å². The fourth-order valence-corrected chi connectivity index (χ4v) is 4.14. The van der Waals surface area contributed by atoms with Crippen LogP contribution in [-0.4, -0.2) is 14.8 Å². The average Bonchev–Trinajstić information content (AvgIpc) is 3.33. The number of thioether (sulfide) groups is 1. The lowest BCUT2D eigenvalue weighted by molar-refractivity contribution is 0.488. The molecule has 6 heteroatoms. The molecule has 0 bridgehead atoms. The molecule has 0 amide bonds. The molecule has 0 saturated heterocycles. The van der Waals surface area contributed by atoms with Gasteiger partial charge < -0.3 is 4.42 Å². The molecule has 1 unspecified atom stereocenters. The Balaban J connectivity index is 1.76. The maximum absolute atomic E-state index is 5.50. The zero-order valence-electron chi connectivity index (χ0n) is 13.9. The molecule has 1 N–H and O–H groups in total. The molecule has 0 radical (unpaired) electrons. The van der Waals surface area contributed by atoms with Gasteiger partial charge in [-0.3, -0.25) is 9.67 Å². The summed E-state index contributed by atoms with van der Waals surface area (Å²) in [6, 6.07) is 24.5. The molecule has 0 aliphatic heterocycles. The van der Waals surface area contributed by atoms with Crippen LogP contribution in [0.2, 0.25) is 0 Å². The number of H-pyrrole nitrogens is 1. The highest BCUT2D eigenvalue weighted by Gasteiger charge is 2.22. The van der Waals surface area contributed by atoms with E-state index in [-0.39, 0.29) is 5.25 Å². The average molecular weight is 380 g/mol. The molecule has 26 heavy (non-hydrogen) atoms. The second-order valence-electron chi connectivity index (χ2n) is 5.77. The topological polar surface area (TPSA) is 46.8 Å². The normalized spacial score (nSPS) is 12.2. The van der Waals surface area contributed by atoms with Crippen LogP contribution in [0.5, 0.6) is 0 Å². The maximum atomic E-state index is 5.50. The van der Waals surface area contributed by atoms with Crippen molar-refractivity contribution in [1.82, 2.24) is 14.8 Å². The maximum Gasteiger partial charge on any atom is 0.195 e. The van der Waals surface area contributed by atoms with Gasteiger partial charge in [0.2, 0.25) is 0 Å². The molecule has 2 aromatic carbocycles. The molecule has 2 aromatic heterocycles. The van der Waals surface area contributed by atoms with Crippen LogP contribution in [0.3, 0.4) is 0 Å². The zero-order chi connectivity index (χ0) is 17.8. The molecular formula is C20H17N3OS2. The quantitative estimate of drug-likeness (QED) is 0.357. The van der Waals surface area contributed by atoms with Crippen molar-refractivity contribution >= 4 is 24.0 Å². The summed E-state index contributed by atoms with van der Waals surface area (Å²) in [4.78, 5) is 1.18. The smallest absolute Gasteiger partial charge is 0.195 e. The van der Waals surface area contributed by atoms with Gasteiger partial charge in [-0.25, -0.2) is 0 Å². The summed E-state index contributed by atoms with van der Waals surface area (Å²) in [6.45, 7) is 0.552. The van der Waals surface area contributed by atoms with E-state index >= 15 is 0 Å². The number of hydrogen-bond donors (Lipinski definition) is 1. The summed E-state index contributed by atoms with van der Waals surface area (Å²) >= 11 is 7.23. The molecule has 4 aromatic rings. The van der Waals surface area contributed by atoms with E-state index < -0.39 is 0 Å². The van der Waals surface area contributed by atoms with Gasteiger partial charge in [0.25, 0.3) is 0 Å². The van der Waals surface area contributed by atoms with Gasteiger partial charge in [0, 0.05) is 4.90 Å². The molecule has 4 rings (SSSR count). The number of rotatable bonds is 6. The third kappa shape index (κ3) is 3.66. The van der Waals surface area contributed by atoms with Gasteiger partial charge in [-0.2, -0.15) is 5.10 Å². The Morgan fingerprint density at radius 2 is 1.73 bits per heavy atom. The number of benzene rings is 2. The number of aromatic nitrogens is 3. The highest BCUT2D eigenvalue weighted by Crippen LogP contribution is 2.39. The standard InChI is InChI=1S/C20H17N3OS2/c25-20-22-21-19(23(20)14-16-10-7-13-24-16)18(15-8-3-1-4-9-15)26-17-11-5-2-6-12-17/h1-13,18H,14H2,(H,22,25). The molecule has 0 spiro atoms. The number of furan rings is 1. The summed E-state index contributed by atoms with van der Waals surface area (Å²) in [6.07, 6.45) is 1.67. The highest BCUT2D eigenvalue weighted by atomic mass is 32.2. The lowest BCUT2D eigenvalue weighted by Crippen LogP contribution is -2.09. The van der Waals surface area contributed by atoms with Crippen molar-refractivity contribution in [2.75, 3.05) is 0 Å². The van der Waals surface area contributed by atoms with Crippen molar-refractivity contribution < 1.29 is 4.42 Å². The van der Waals surface area contributed by atoms with Crippen molar-refractivity contribution in [2.24, 2.45) is 0 Å². The molecule has 0 aliphatic rings. The van der Waals surface area contributed by atoms with Crippen molar-refractivity contribution in [3.8, 4) is 0 Å². The minimum atomic E-state index is 0.0153. The van der Waals surface area contributed by atoms with Crippen molar-refractivity contribution in [3.63, 3.8) is 0 Å². The third-order valence-corrected chi connectivity index (χ3v) is 5.59. The van der Waals surface area contributed by atoms with E-state index in [0.717, 1.165) is 11.6 Å². The first-order chi connectivity index (χ1) is 12.8. The molecule has 0 saturated carbocycles. The Labute approximate surface area is 160 Å². The van der Waals surface area contributed by atoms with Crippen LogP contribution in [-0.2, 0) is 6.54 Å². The predicted octanol–water partition coefficient (Wildman–Crippen LogP) is 5.46. The van der Waals surface area contributed by atoms with Crippen LogP contribution in [0.1, 0.15) is 22.4 Å². The Morgan fingerprint density at radius 1 is 1.00 bits per heavy atom. The lowest BCUT2D eigenvalue weighted by Gasteiger charge is -2.17. The van der Waals surface area contributed by atoms with E-state index in [9.17, 15) is 0 Å². The van der Waals surface area contributed by atoms with Crippen molar-refractivity contribution in [1.29, 1.82) is 0 Å². The summed E-state index contributed by atoms with van der Waals surface area (Å²) in [7, 11) is 0. The monoisotopic (exact) mass is 379 g/mol. The highest BCUT2D eigenvalue weighted by molar-refractivity contribution is 7.99. The molecule has 0 fully saturated rings. The zero-order valence-corrected chi connectivity index (χ0v) is 15.5. The van der Waals surface area contributed by atoms with E-state index in [0.29, 0.717) is 11.3 Å². The fourth-order valence-electron chi connectivity index (χ4n) is 2.77. The molecular weight excluding hydrogens is 362 g/mol. The van der Waals surface area contributed by atoms with Crippen LogP contribution in [0, 0.1) is 4.77 Å². The fraction of sp³-hybridized carbons (Fsp3) is 0.100. The Hall–Kier alpha value is -2.57. The predicted molar refractivity (Wildman–Crippen MR) is 106 cm³/mol. The number of aromatic amines is 1. The first-order valence-electron chi connectivity index (χ1n) is 8.25. The minimum Gasteiger partial charge on any atom is -0.467 e. The van der Waals surface area contributed by atoms with E-state index in [1.807, 2.05) is 53.1 Å². The summed E-state index contributed by atoms with van der Waals surface area (Å²) in [5.41, 5.74) is 1.18. The van der Waals surface area contributed by atoms with Gasteiger partial charge >= 0.3 is 0 Å². The largest absolute Gasteiger partial charge is 0.467 e. The van der Waals surface area contributed by atoms with Gasteiger partial charge in [-0.15, -0.1) is 11.8 Å². The first kappa shape index (κ1) is 16.9. The second kappa shape index (κ2) is 7.76. The van der Waals surface area contributed by atoms with Gasteiger partial charge in [0.05, 0.1) is 18.1 Å². The number of nitrogens with one attached hydrogen (secondary N) is 1. The summed E-state index contributed by atoms with van der Waals surface area (Å²) in [5, 5.41) is 7.51. The molecule has 1 atom stereocenters. The van der Waals surface area contributed by atoms with Gasteiger partial charge in [-0.05, 0) is 42.0 Å². The molecule has 130 valence electrons. The van der Waals surface area contributed by atoms with E-state index in [4.69, 9.17) is 16.6 Å². The van der Waals surface area contributed by atoms with E-state index in [2.05, 4.69) is 34.5 Å². The Morgan fingerprint density at radius 3 is 2.42 bits per heavy atom. The SMILES string of the molecule is S=c1[nH]nc(C(Sc2ccccc2)c2ccccc2)n1Cc1ccco1. The second-order valence-corrected chi connectivity index (χ2v) is 7.34. The van der Waals surface area contributed by atoms with E-state index in [1.165, 1.54) is 10.5 Å². The number of hydrogen-bond acceptors (Lipinski definition) is 4. The summed E-state index contributed by atoms with van der Waals surface area (Å²) < 4.78 is 8.10. The lowest BCUT2D eigenvalue weighted by atomic mass is 10.1. The molecule has 2 heterocycles. The number of nitrogens with zero attached hydrogens (tertiary/aromatic N) is 2. The van der Waals surface area contributed by atoms with Crippen molar-refractivity contribution in [3.05, 3.63) is 101 Å². The molecule has 0 aliphatic carbocycles. The Kier molecular flexibility index (Phi) is 5.04. The van der Waals surface area contributed by atoms with Crippen LogP contribution in [0.4, 0.5) is 0 Å². The first-order valence-corrected chi connectivity index (χ1v) is 9.54. The van der Waals surface area contributed by atoms with Crippen LogP contribution < -0.4 is 0 Å². The van der Waals surface area contributed by atoms with Crippen molar-refractivity contribution in [2.45, 2.75) is 16.7 Å². The summed E-state index contributed by atoms with van der Waals surface area (Å²) in [5.74, 6) is 1.73. The van der Waals surface area contributed by atoms with Gasteiger partial charge in [-0.1, -0.05) is 48.5 Å². The van der Waals surface area contributed by atoms with E-state index in [1.54, 1.807) is 18.0 Å². The molecule has 4 nitrogen and oxygen atoms in total. The third-order valence-electron chi connectivity index (χ3n) is 4.02.